The fraction of sp³-hybridized carbons (Fsp3) is 0. The molecule has 0 radical (unpaired) electrons. The number of nitrogens with one attached hydrogen (secondary N) is 1. The van der Waals surface area contributed by atoms with Gasteiger partial charge in [0.05, 0.1) is 6.33 Å². The Morgan fingerprint density at radius 1 is 1.19 bits per heavy atom. The van der Waals surface area contributed by atoms with Crippen LogP contribution in [0.2, 0.25) is 0 Å². The molecule has 0 saturated heterocycles. The summed E-state index contributed by atoms with van der Waals surface area (Å²) in [6, 6.07) is 2.36. The highest BCUT2D eigenvalue weighted by molar-refractivity contribution is 5.94. The summed E-state index contributed by atoms with van der Waals surface area (Å²) in [5.41, 5.74) is 11.5. The van der Waals surface area contributed by atoms with Crippen molar-refractivity contribution >= 4 is 22.9 Å². The number of pyridine rings is 1. The molecule has 0 aliphatic rings. The number of fused-ring (bicyclic) bond motifs is 1. The number of primary amides is 1. The number of anilines is 1. The zero-order valence-corrected chi connectivity index (χ0v) is 10.6. The molecule has 3 heterocycles. The maximum Gasteiger partial charge on any atom is 0.254 e. The summed E-state index contributed by atoms with van der Waals surface area (Å²) < 4.78 is 0. The lowest BCUT2D eigenvalue weighted by Gasteiger charge is -1.97. The number of rotatable bonds is 1. The van der Waals surface area contributed by atoms with Gasteiger partial charge in [-0.2, -0.15) is 4.98 Å². The molecular weight excluding hydrogens is 278 g/mol. The number of aromatic nitrogens is 5. The lowest BCUT2D eigenvalue weighted by atomic mass is 10.2. The van der Waals surface area contributed by atoms with Crippen LogP contribution in [0.5, 0.6) is 11.8 Å². The second-order valence-corrected chi connectivity index (χ2v) is 3.76. The van der Waals surface area contributed by atoms with Crippen molar-refractivity contribution in [2.45, 2.75) is 0 Å². The number of nitrogens with two attached hydrogens (primary N) is 2. The van der Waals surface area contributed by atoms with Crippen LogP contribution in [0.1, 0.15) is 10.4 Å². The number of amides is 1. The molecule has 0 fully saturated rings. The van der Waals surface area contributed by atoms with Crippen molar-refractivity contribution in [2.75, 3.05) is 5.73 Å². The Balaban J connectivity index is 0.000000154. The molecule has 3 rings (SSSR count). The highest BCUT2D eigenvalue weighted by atomic mass is 16.3. The third-order valence-electron chi connectivity index (χ3n) is 2.38. The number of carbonyl (C=O) groups excluding carboxylic acids is 1. The van der Waals surface area contributed by atoms with Gasteiger partial charge in [-0.25, -0.2) is 15.0 Å². The number of H-pyrrole nitrogens is 1. The molecule has 0 spiro atoms. The summed E-state index contributed by atoms with van der Waals surface area (Å²) in [6.45, 7) is 0. The van der Waals surface area contributed by atoms with Crippen LogP contribution < -0.4 is 11.5 Å². The molecule has 3 aromatic rings. The van der Waals surface area contributed by atoms with E-state index in [4.69, 9.17) is 21.7 Å². The Labute approximate surface area is 117 Å². The van der Waals surface area contributed by atoms with Crippen molar-refractivity contribution in [1.29, 1.82) is 0 Å². The molecule has 0 aliphatic heterocycles. The van der Waals surface area contributed by atoms with Crippen molar-refractivity contribution in [3.05, 3.63) is 30.4 Å². The van der Waals surface area contributed by atoms with Gasteiger partial charge in [-0.3, -0.25) is 4.79 Å². The predicted molar refractivity (Wildman–Crippen MR) is 72.2 cm³/mol. The van der Waals surface area contributed by atoms with Crippen molar-refractivity contribution in [3.63, 3.8) is 0 Å². The number of nitrogens with zero attached hydrogens (tertiary/aromatic N) is 4. The quantitative estimate of drug-likeness (QED) is 0.399. The van der Waals surface area contributed by atoms with Crippen molar-refractivity contribution in [1.82, 2.24) is 24.9 Å². The smallest absolute Gasteiger partial charge is 0.254 e. The van der Waals surface area contributed by atoms with E-state index in [1.807, 2.05) is 0 Å². The largest absolute Gasteiger partial charge is 0.493 e. The average Bonchev–Trinajstić information content (AvgIpc) is 2.88. The highest BCUT2D eigenvalue weighted by Gasteiger charge is 2.08. The van der Waals surface area contributed by atoms with Crippen LogP contribution in [-0.4, -0.2) is 41.0 Å². The fourth-order valence-corrected chi connectivity index (χ4v) is 1.41. The van der Waals surface area contributed by atoms with Crippen LogP contribution in [0.25, 0.3) is 11.2 Å². The molecule has 0 unspecified atom stereocenters. The summed E-state index contributed by atoms with van der Waals surface area (Å²) in [7, 11) is 0. The number of hydrogen-bond acceptors (Lipinski definition) is 8. The molecule has 0 aliphatic carbocycles. The minimum atomic E-state index is -0.782. The second-order valence-electron chi connectivity index (χ2n) is 3.76. The third kappa shape index (κ3) is 3.12. The molecule has 0 atom stereocenters. The highest BCUT2D eigenvalue weighted by Crippen LogP contribution is 2.16. The standard InChI is InChI=1S/C6H6N2O3.C5H5N5/c7-5(10)3-1-2-4(9)8-6(3)11;6-4-3-5(9-1-7-3)10-2-8-4/h1-2H,(H2,7,10)(H2,8,9,11);1-2H,(H3,6,7,8,9,10). The molecule has 0 saturated carbocycles. The minimum Gasteiger partial charge on any atom is -0.493 e. The van der Waals surface area contributed by atoms with Gasteiger partial charge in [-0.05, 0) is 6.07 Å². The van der Waals surface area contributed by atoms with E-state index in [0.29, 0.717) is 17.0 Å². The number of aromatic amines is 1. The first-order valence-corrected chi connectivity index (χ1v) is 5.57. The van der Waals surface area contributed by atoms with Crippen LogP contribution >= 0.6 is 0 Å². The molecule has 7 N–H and O–H groups in total. The number of aromatic hydroxyl groups is 2. The van der Waals surface area contributed by atoms with Gasteiger partial charge in [0.15, 0.2) is 11.5 Å². The molecule has 108 valence electrons. The first-order valence-electron chi connectivity index (χ1n) is 5.57. The van der Waals surface area contributed by atoms with E-state index in [2.05, 4.69) is 24.9 Å². The van der Waals surface area contributed by atoms with E-state index in [1.54, 1.807) is 0 Å². The SMILES string of the molecule is NC(=O)c1ccc(O)nc1O.Nc1ncnc2nc[nH]c12. The van der Waals surface area contributed by atoms with Crippen molar-refractivity contribution < 1.29 is 15.0 Å². The number of imidazole rings is 1. The Morgan fingerprint density at radius 3 is 2.57 bits per heavy atom. The maximum atomic E-state index is 10.5. The number of nitrogen functional groups attached to an aromatic ring is 1. The monoisotopic (exact) mass is 289 g/mol. The Bertz CT molecular complexity index is 786. The zero-order valence-electron chi connectivity index (χ0n) is 10.6. The van der Waals surface area contributed by atoms with Crippen LogP contribution in [-0.2, 0) is 0 Å². The number of hydrogen-bond donors (Lipinski definition) is 5. The Morgan fingerprint density at radius 2 is 1.95 bits per heavy atom. The summed E-state index contributed by atoms with van der Waals surface area (Å²) in [5.74, 6) is -1.26. The Kier molecular flexibility index (Phi) is 3.79. The van der Waals surface area contributed by atoms with Gasteiger partial charge in [-0.15, -0.1) is 0 Å². The van der Waals surface area contributed by atoms with Gasteiger partial charge in [-0.1, -0.05) is 0 Å². The van der Waals surface area contributed by atoms with Crippen molar-refractivity contribution in [2.24, 2.45) is 5.73 Å². The van der Waals surface area contributed by atoms with E-state index >= 15 is 0 Å². The minimum absolute atomic E-state index is 0.109. The number of carbonyl (C=O) groups is 1. The lowest BCUT2D eigenvalue weighted by Crippen LogP contribution is -2.11. The van der Waals surface area contributed by atoms with Gasteiger partial charge >= 0.3 is 0 Å². The summed E-state index contributed by atoms with van der Waals surface area (Å²) >= 11 is 0. The lowest BCUT2D eigenvalue weighted by molar-refractivity contribution is 0.0997. The fourth-order valence-electron chi connectivity index (χ4n) is 1.41. The molecule has 10 heteroatoms. The van der Waals surface area contributed by atoms with Crippen LogP contribution in [0.4, 0.5) is 5.82 Å². The maximum absolute atomic E-state index is 10.5. The van der Waals surface area contributed by atoms with E-state index in [1.165, 1.54) is 24.8 Å². The van der Waals surface area contributed by atoms with E-state index in [-0.39, 0.29) is 11.4 Å². The van der Waals surface area contributed by atoms with E-state index in [9.17, 15) is 4.79 Å². The van der Waals surface area contributed by atoms with E-state index in [0.717, 1.165) is 0 Å². The summed E-state index contributed by atoms with van der Waals surface area (Å²) in [5, 5.41) is 17.6. The molecule has 3 aromatic heterocycles. The van der Waals surface area contributed by atoms with Gasteiger partial charge in [0.1, 0.15) is 17.4 Å². The Hall–Kier alpha value is -3.43. The third-order valence-corrected chi connectivity index (χ3v) is 2.38. The topological polar surface area (TPSA) is 177 Å². The molecule has 0 bridgehead atoms. The zero-order chi connectivity index (χ0) is 15.4. The predicted octanol–water partition coefficient (Wildman–Crippen LogP) is -0.473. The van der Waals surface area contributed by atoms with Crippen LogP contribution in [0, 0.1) is 0 Å². The van der Waals surface area contributed by atoms with Gasteiger partial charge in [0.2, 0.25) is 11.8 Å². The molecule has 10 nitrogen and oxygen atoms in total. The van der Waals surface area contributed by atoms with E-state index < -0.39 is 11.8 Å². The van der Waals surface area contributed by atoms with Gasteiger partial charge < -0.3 is 26.7 Å². The molecule has 21 heavy (non-hydrogen) atoms. The molecule has 1 amide bonds. The second kappa shape index (κ2) is 5.69. The van der Waals surface area contributed by atoms with Crippen LogP contribution in [0.3, 0.4) is 0 Å². The average molecular weight is 289 g/mol. The van der Waals surface area contributed by atoms with Crippen LogP contribution in [0.15, 0.2) is 24.8 Å². The summed E-state index contributed by atoms with van der Waals surface area (Å²) in [6.07, 6.45) is 2.92. The normalized spacial score (nSPS) is 9.90. The van der Waals surface area contributed by atoms with Gasteiger partial charge in [0, 0.05) is 6.07 Å². The molecule has 0 aromatic carbocycles. The van der Waals surface area contributed by atoms with Crippen molar-refractivity contribution in [3.8, 4) is 11.8 Å². The summed E-state index contributed by atoms with van der Waals surface area (Å²) in [4.78, 5) is 28.0. The first kappa shape index (κ1) is 14.0. The molecular formula is C11H11N7O3. The first-order chi connectivity index (χ1) is 9.99. The van der Waals surface area contributed by atoms with Gasteiger partial charge in [0.25, 0.3) is 5.91 Å².